The third-order valence-electron chi connectivity index (χ3n) is 5.36. The fourth-order valence-corrected chi connectivity index (χ4v) is 4.80. The van der Waals surface area contributed by atoms with Gasteiger partial charge >= 0.3 is 0 Å². The number of amides is 1. The summed E-state index contributed by atoms with van der Waals surface area (Å²) in [5.41, 5.74) is 2.16. The standard InChI is InChI=1S/C26H26FN3OS.ClH/c1-29(2)17-10-18-30(26-28-24-21(27)15-9-16-22(24)32-26)25(31)23(19-11-5-3-6-12-19)20-13-7-4-8-14-20;/h3-9,11-16,23H,10,17-18H2,1-2H3;1H. The van der Waals surface area contributed by atoms with Crippen LogP contribution in [0.25, 0.3) is 10.2 Å². The molecule has 33 heavy (non-hydrogen) atoms. The van der Waals surface area contributed by atoms with Gasteiger partial charge in [0.05, 0.1) is 10.6 Å². The molecule has 0 aliphatic carbocycles. The molecule has 1 amide bonds. The van der Waals surface area contributed by atoms with Gasteiger partial charge in [0.15, 0.2) is 5.13 Å². The van der Waals surface area contributed by atoms with Crippen molar-refractivity contribution in [2.45, 2.75) is 12.3 Å². The Morgan fingerprint density at radius 1 is 0.909 bits per heavy atom. The quantitative estimate of drug-likeness (QED) is 0.309. The van der Waals surface area contributed by atoms with Gasteiger partial charge in [0, 0.05) is 6.54 Å². The highest BCUT2D eigenvalue weighted by molar-refractivity contribution is 7.22. The largest absolute Gasteiger partial charge is 0.309 e. The lowest BCUT2D eigenvalue weighted by atomic mass is 9.90. The van der Waals surface area contributed by atoms with Gasteiger partial charge in [-0.3, -0.25) is 9.69 Å². The van der Waals surface area contributed by atoms with Crippen molar-refractivity contribution in [2.24, 2.45) is 0 Å². The Balaban J connectivity index is 0.00000306. The number of fused-ring (bicyclic) bond motifs is 1. The molecule has 7 heteroatoms. The van der Waals surface area contributed by atoms with E-state index in [2.05, 4.69) is 9.88 Å². The Hall–Kier alpha value is -2.80. The minimum atomic E-state index is -0.464. The number of rotatable bonds is 8. The van der Waals surface area contributed by atoms with Crippen LogP contribution in [0.4, 0.5) is 9.52 Å². The zero-order valence-electron chi connectivity index (χ0n) is 18.6. The molecule has 4 nitrogen and oxygen atoms in total. The van der Waals surface area contributed by atoms with E-state index in [9.17, 15) is 9.18 Å². The molecular weight excluding hydrogens is 457 g/mol. The highest BCUT2D eigenvalue weighted by atomic mass is 35.5. The number of hydrogen-bond donors (Lipinski definition) is 0. The Labute approximate surface area is 204 Å². The molecule has 0 saturated carbocycles. The molecule has 0 N–H and O–H groups in total. The van der Waals surface area contributed by atoms with Crippen LogP contribution in [0, 0.1) is 5.82 Å². The summed E-state index contributed by atoms with van der Waals surface area (Å²) >= 11 is 1.35. The number of nitrogens with zero attached hydrogens (tertiary/aromatic N) is 3. The Bertz CT molecular complexity index is 1140. The van der Waals surface area contributed by atoms with E-state index in [-0.39, 0.29) is 24.1 Å². The third-order valence-corrected chi connectivity index (χ3v) is 6.40. The molecule has 1 aromatic heterocycles. The first-order chi connectivity index (χ1) is 15.5. The maximum atomic E-state index is 14.3. The number of hydrogen-bond acceptors (Lipinski definition) is 4. The molecule has 0 radical (unpaired) electrons. The van der Waals surface area contributed by atoms with E-state index in [1.807, 2.05) is 80.8 Å². The third kappa shape index (κ3) is 5.77. The van der Waals surface area contributed by atoms with E-state index >= 15 is 0 Å². The second-order valence-electron chi connectivity index (χ2n) is 7.98. The lowest BCUT2D eigenvalue weighted by Crippen LogP contribution is -2.37. The highest BCUT2D eigenvalue weighted by Gasteiger charge is 2.30. The van der Waals surface area contributed by atoms with Crippen LogP contribution in [0.2, 0.25) is 0 Å². The molecule has 3 aromatic carbocycles. The van der Waals surface area contributed by atoms with Gasteiger partial charge in [-0.05, 0) is 50.3 Å². The summed E-state index contributed by atoms with van der Waals surface area (Å²) < 4.78 is 15.1. The van der Waals surface area contributed by atoms with Crippen LogP contribution >= 0.6 is 23.7 Å². The van der Waals surface area contributed by atoms with Crippen LogP contribution in [0.1, 0.15) is 23.5 Å². The minimum Gasteiger partial charge on any atom is -0.309 e. The fraction of sp³-hybridized carbons (Fsp3) is 0.231. The van der Waals surface area contributed by atoms with Crippen molar-refractivity contribution in [3.63, 3.8) is 0 Å². The first kappa shape index (κ1) is 24.8. The zero-order valence-corrected chi connectivity index (χ0v) is 20.3. The average molecular weight is 484 g/mol. The molecule has 0 aliphatic heterocycles. The number of halogens is 2. The molecule has 1 heterocycles. The smallest absolute Gasteiger partial charge is 0.240 e. The van der Waals surface area contributed by atoms with E-state index < -0.39 is 5.92 Å². The van der Waals surface area contributed by atoms with Gasteiger partial charge in [-0.25, -0.2) is 9.37 Å². The predicted octanol–water partition coefficient (Wildman–Crippen LogP) is 5.97. The van der Waals surface area contributed by atoms with Gasteiger partial charge in [-0.2, -0.15) is 0 Å². The van der Waals surface area contributed by atoms with Crippen molar-refractivity contribution in [1.29, 1.82) is 0 Å². The Morgan fingerprint density at radius 2 is 1.52 bits per heavy atom. The molecular formula is C26H27ClFN3OS. The number of aromatic nitrogens is 1. The van der Waals surface area contributed by atoms with E-state index in [0.717, 1.165) is 28.8 Å². The van der Waals surface area contributed by atoms with Crippen LogP contribution in [0.5, 0.6) is 0 Å². The summed E-state index contributed by atoms with van der Waals surface area (Å²) in [5, 5.41) is 0.533. The van der Waals surface area contributed by atoms with Crippen molar-refractivity contribution in [2.75, 3.05) is 32.1 Å². The monoisotopic (exact) mass is 483 g/mol. The Kier molecular flexibility index (Phi) is 8.55. The zero-order chi connectivity index (χ0) is 22.5. The number of para-hydroxylation sites is 1. The van der Waals surface area contributed by atoms with Crippen LogP contribution in [-0.4, -0.2) is 43.0 Å². The van der Waals surface area contributed by atoms with E-state index in [1.165, 1.54) is 17.4 Å². The summed E-state index contributed by atoms with van der Waals surface area (Å²) in [7, 11) is 4.02. The van der Waals surface area contributed by atoms with Gasteiger partial charge in [0.25, 0.3) is 0 Å². The lowest BCUT2D eigenvalue weighted by Gasteiger charge is -2.26. The summed E-state index contributed by atoms with van der Waals surface area (Å²) in [4.78, 5) is 22.4. The number of benzene rings is 3. The lowest BCUT2D eigenvalue weighted by molar-refractivity contribution is -0.119. The van der Waals surface area contributed by atoms with E-state index in [4.69, 9.17) is 0 Å². The first-order valence-corrected chi connectivity index (χ1v) is 11.5. The second-order valence-corrected chi connectivity index (χ2v) is 8.99. The normalized spacial score (nSPS) is 11.1. The van der Waals surface area contributed by atoms with Gasteiger partial charge in [-0.1, -0.05) is 78.1 Å². The number of anilines is 1. The summed E-state index contributed by atoms with van der Waals surface area (Å²) in [5.74, 6) is -0.886. The van der Waals surface area contributed by atoms with Crippen LogP contribution in [0.15, 0.2) is 78.9 Å². The van der Waals surface area contributed by atoms with E-state index in [0.29, 0.717) is 17.2 Å². The topological polar surface area (TPSA) is 36.4 Å². The molecule has 0 atom stereocenters. The van der Waals surface area contributed by atoms with Gasteiger partial charge in [-0.15, -0.1) is 12.4 Å². The maximum Gasteiger partial charge on any atom is 0.240 e. The molecule has 0 spiro atoms. The first-order valence-electron chi connectivity index (χ1n) is 10.7. The highest BCUT2D eigenvalue weighted by Crippen LogP contribution is 2.34. The molecule has 0 bridgehead atoms. The molecule has 0 unspecified atom stereocenters. The molecule has 0 saturated heterocycles. The van der Waals surface area contributed by atoms with Crippen molar-refractivity contribution in [3.05, 3.63) is 95.8 Å². The average Bonchev–Trinajstić information content (AvgIpc) is 3.23. The molecule has 0 fully saturated rings. The maximum absolute atomic E-state index is 14.3. The number of carbonyl (C=O) groups excluding carboxylic acids is 1. The number of carbonyl (C=O) groups is 1. The second kappa shape index (κ2) is 11.4. The van der Waals surface area contributed by atoms with Gasteiger partial charge in [0.1, 0.15) is 11.3 Å². The molecule has 0 aliphatic rings. The summed E-state index contributed by atoms with van der Waals surface area (Å²) in [6.45, 7) is 1.35. The fourth-order valence-electron chi connectivity index (χ4n) is 3.79. The van der Waals surface area contributed by atoms with Crippen LogP contribution < -0.4 is 4.90 Å². The van der Waals surface area contributed by atoms with Crippen molar-refractivity contribution in [3.8, 4) is 0 Å². The minimum absolute atomic E-state index is 0. The van der Waals surface area contributed by atoms with Gasteiger partial charge < -0.3 is 4.90 Å². The molecule has 4 rings (SSSR count). The van der Waals surface area contributed by atoms with E-state index in [1.54, 1.807) is 11.0 Å². The van der Waals surface area contributed by atoms with Crippen molar-refractivity contribution in [1.82, 2.24) is 9.88 Å². The van der Waals surface area contributed by atoms with Crippen LogP contribution in [0.3, 0.4) is 0 Å². The Morgan fingerprint density at radius 3 is 2.06 bits per heavy atom. The molecule has 4 aromatic rings. The summed E-state index contributed by atoms with van der Waals surface area (Å²) in [6, 6.07) is 24.5. The number of thiazole rings is 1. The summed E-state index contributed by atoms with van der Waals surface area (Å²) in [6.07, 6.45) is 0.785. The van der Waals surface area contributed by atoms with Crippen LogP contribution in [-0.2, 0) is 4.79 Å². The van der Waals surface area contributed by atoms with Crippen molar-refractivity contribution >= 4 is 45.0 Å². The van der Waals surface area contributed by atoms with Crippen molar-refractivity contribution < 1.29 is 9.18 Å². The SMILES string of the molecule is CN(C)CCCN(C(=O)C(c1ccccc1)c1ccccc1)c1nc2c(F)cccc2s1.Cl. The van der Waals surface area contributed by atoms with Gasteiger partial charge in [0.2, 0.25) is 5.91 Å². The predicted molar refractivity (Wildman–Crippen MR) is 137 cm³/mol. The molecule has 172 valence electrons.